The summed E-state index contributed by atoms with van der Waals surface area (Å²) in [7, 11) is 0. The van der Waals surface area contributed by atoms with Crippen molar-refractivity contribution in [3.8, 4) is 0 Å². The van der Waals surface area contributed by atoms with Gasteiger partial charge in [0.15, 0.2) is 5.82 Å². The first-order valence-corrected chi connectivity index (χ1v) is 7.80. The maximum Gasteiger partial charge on any atom is 0.303 e. The monoisotopic (exact) mass is 280 g/mol. The standard InChI is InChI=1S/C15H24N2O3/c18-14(19)11-7-6-10-13-16-15(17-20-13)12-8-4-2-1-3-5-9-12/h12H,1-11H2,(H,18,19). The van der Waals surface area contributed by atoms with Gasteiger partial charge in [-0.15, -0.1) is 0 Å². The molecule has 1 N–H and O–H groups in total. The first-order valence-electron chi connectivity index (χ1n) is 7.80. The molecule has 0 unspecified atom stereocenters. The highest BCUT2D eigenvalue weighted by Gasteiger charge is 2.19. The van der Waals surface area contributed by atoms with Gasteiger partial charge >= 0.3 is 5.97 Å². The van der Waals surface area contributed by atoms with Crippen LogP contribution in [0.1, 0.15) is 81.8 Å². The summed E-state index contributed by atoms with van der Waals surface area (Å²) in [6.07, 6.45) is 11.2. The van der Waals surface area contributed by atoms with Crippen molar-refractivity contribution in [1.29, 1.82) is 0 Å². The predicted molar refractivity (Wildman–Crippen MR) is 74.5 cm³/mol. The Bertz CT molecular complexity index is 409. The first-order chi connectivity index (χ1) is 9.75. The summed E-state index contributed by atoms with van der Waals surface area (Å²) < 4.78 is 5.29. The second-order valence-electron chi connectivity index (χ2n) is 5.69. The molecule has 5 nitrogen and oxygen atoms in total. The quantitative estimate of drug-likeness (QED) is 0.804. The van der Waals surface area contributed by atoms with Gasteiger partial charge in [0.2, 0.25) is 5.89 Å². The van der Waals surface area contributed by atoms with Crippen molar-refractivity contribution in [1.82, 2.24) is 10.1 Å². The molecule has 1 aliphatic rings. The van der Waals surface area contributed by atoms with Crippen molar-refractivity contribution >= 4 is 5.97 Å². The average Bonchev–Trinajstić information content (AvgIpc) is 2.83. The summed E-state index contributed by atoms with van der Waals surface area (Å²) in [6.45, 7) is 0. The topological polar surface area (TPSA) is 76.2 Å². The van der Waals surface area contributed by atoms with Crippen LogP contribution in [0.5, 0.6) is 0 Å². The lowest BCUT2D eigenvalue weighted by atomic mass is 9.91. The largest absolute Gasteiger partial charge is 0.481 e. The van der Waals surface area contributed by atoms with Crippen LogP contribution in [0.3, 0.4) is 0 Å². The van der Waals surface area contributed by atoms with Crippen LogP contribution in [0.25, 0.3) is 0 Å². The molecular weight excluding hydrogens is 256 g/mol. The molecule has 20 heavy (non-hydrogen) atoms. The summed E-state index contributed by atoms with van der Waals surface area (Å²) in [5.74, 6) is 1.23. The van der Waals surface area contributed by atoms with Crippen LogP contribution in [0.15, 0.2) is 4.52 Å². The van der Waals surface area contributed by atoms with Crippen molar-refractivity contribution in [2.45, 2.75) is 76.5 Å². The molecule has 1 aliphatic carbocycles. The van der Waals surface area contributed by atoms with E-state index in [1.807, 2.05) is 0 Å². The second kappa shape index (κ2) is 8.02. The molecule has 112 valence electrons. The van der Waals surface area contributed by atoms with Gasteiger partial charge in [-0.3, -0.25) is 4.79 Å². The number of carboxylic acid groups (broad SMARTS) is 1. The minimum atomic E-state index is -0.745. The molecule has 1 fully saturated rings. The highest BCUT2D eigenvalue weighted by Crippen LogP contribution is 2.29. The number of carboxylic acids is 1. The molecule has 5 heteroatoms. The number of nitrogens with zero attached hydrogens (tertiary/aromatic N) is 2. The molecule has 1 aromatic rings. The lowest BCUT2D eigenvalue weighted by Gasteiger charge is -2.15. The smallest absolute Gasteiger partial charge is 0.303 e. The van der Waals surface area contributed by atoms with Crippen LogP contribution in [-0.2, 0) is 11.2 Å². The minimum absolute atomic E-state index is 0.212. The maximum atomic E-state index is 10.4. The van der Waals surface area contributed by atoms with Crippen molar-refractivity contribution in [2.24, 2.45) is 0 Å². The number of rotatable bonds is 6. The fraction of sp³-hybridized carbons (Fsp3) is 0.800. The lowest BCUT2D eigenvalue weighted by Crippen LogP contribution is -2.04. The van der Waals surface area contributed by atoms with Gasteiger partial charge in [0, 0.05) is 18.8 Å². The van der Waals surface area contributed by atoms with E-state index in [2.05, 4.69) is 10.1 Å². The fourth-order valence-corrected chi connectivity index (χ4v) is 2.80. The highest BCUT2D eigenvalue weighted by atomic mass is 16.5. The van der Waals surface area contributed by atoms with E-state index in [0.717, 1.165) is 25.1 Å². The van der Waals surface area contributed by atoms with Gasteiger partial charge in [-0.2, -0.15) is 4.98 Å². The third kappa shape index (κ3) is 4.94. The first kappa shape index (κ1) is 15.0. The van der Waals surface area contributed by atoms with Crippen LogP contribution >= 0.6 is 0 Å². The Morgan fingerprint density at radius 1 is 1.15 bits per heavy atom. The fourth-order valence-electron chi connectivity index (χ4n) is 2.80. The van der Waals surface area contributed by atoms with Crippen LogP contribution in [0.4, 0.5) is 0 Å². The van der Waals surface area contributed by atoms with Gasteiger partial charge in [-0.05, 0) is 25.7 Å². The average molecular weight is 280 g/mol. The zero-order valence-electron chi connectivity index (χ0n) is 12.0. The molecule has 0 aliphatic heterocycles. The van der Waals surface area contributed by atoms with Crippen LogP contribution in [-0.4, -0.2) is 21.2 Å². The molecule has 0 radical (unpaired) electrons. The Kier molecular flexibility index (Phi) is 6.02. The molecule has 1 saturated carbocycles. The molecule has 2 rings (SSSR count). The summed E-state index contributed by atoms with van der Waals surface area (Å²) in [4.78, 5) is 14.9. The van der Waals surface area contributed by atoms with E-state index < -0.39 is 5.97 Å². The van der Waals surface area contributed by atoms with Crippen LogP contribution < -0.4 is 0 Å². The van der Waals surface area contributed by atoms with E-state index in [1.165, 1.54) is 32.1 Å². The third-order valence-corrected chi connectivity index (χ3v) is 3.99. The van der Waals surface area contributed by atoms with Gasteiger partial charge in [-0.1, -0.05) is 37.3 Å². The summed E-state index contributed by atoms with van der Waals surface area (Å²) in [5, 5.41) is 12.7. The molecule has 0 atom stereocenters. The Morgan fingerprint density at radius 2 is 1.85 bits per heavy atom. The maximum absolute atomic E-state index is 10.4. The van der Waals surface area contributed by atoms with Gasteiger partial charge in [0.1, 0.15) is 0 Å². The zero-order valence-corrected chi connectivity index (χ0v) is 12.0. The summed E-state index contributed by atoms with van der Waals surface area (Å²) in [6, 6.07) is 0. The molecule has 0 spiro atoms. The Labute approximate surface area is 119 Å². The number of aromatic nitrogens is 2. The van der Waals surface area contributed by atoms with E-state index in [1.54, 1.807) is 0 Å². The van der Waals surface area contributed by atoms with Gasteiger partial charge in [0.05, 0.1) is 0 Å². The molecule has 0 bridgehead atoms. The normalized spacial score (nSPS) is 17.6. The van der Waals surface area contributed by atoms with Crippen LogP contribution in [0.2, 0.25) is 0 Å². The molecular formula is C15H24N2O3. The second-order valence-corrected chi connectivity index (χ2v) is 5.69. The van der Waals surface area contributed by atoms with Crippen molar-refractivity contribution in [3.63, 3.8) is 0 Å². The van der Waals surface area contributed by atoms with Crippen molar-refractivity contribution in [2.75, 3.05) is 0 Å². The molecule has 0 saturated heterocycles. The van der Waals surface area contributed by atoms with Gasteiger partial charge in [0.25, 0.3) is 0 Å². The Hall–Kier alpha value is -1.39. The third-order valence-electron chi connectivity index (χ3n) is 3.99. The summed E-state index contributed by atoms with van der Waals surface area (Å²) >= 11 is 0. The van der Waals surface area contributed by atoms with Crippen molar-refractivity contribution in [3.05, 3.63) is 11.7 Å². The highest BCUT2D eigenvalue weighted by molar-refractivity contribution is 5.66. The molecule has 1 aromatic heterocycles. The van der Waals surface area contributed by atoms with E-state index in [-0.39, 0.29) is 6.42 Å². The van der Waals surface area contributed by atoms with E-state index in [0.29, 0.717) is 24.7 Å². The van der Waals surface area contributed by atoms with E-state index in [4.69, 9.17) is 9.63 Å². The SMILES string of the molecule is O=C(O)CCCCc1nc(C2CCCCCCC2)no1. The van der Waals surface area contributed by atoms with E-state index >= 15 is 0 Å². The molecule has 0 aromatic carbocycles. The van der Waals surface area contributed by atoms with Gasteiger partial charge in [-0.25, -0.2) is 0 Å². The number of aliphatic carboxylic acids is 1. The predicted octanol–water partition coefficient (Wildman–Crippen LogP) is 3.69. The van der Waals surface area contributed by atoms with Crippen molar-refractivity contribution < 1.29 is 14.4 Å². The number of carbonyl (C=O) groups is 1. The minimum Gasteiger partial charge on any atom is -0.481 e. The van der Waals surface area contributed by atoms with Gasteiger partial charge < -0.3 is 9.63 Å². The zero-order chi connectivity index (χ0) is 14.2. The van der Waals surface area contributed by atoms with Crippen LogP contribution in [0, 0.1) is 0 Å². The number of unbranched alkanes of at least 4 members (excludes halogenated alkanes) is 1. The molecule has 0 amide bonds. The summed E-state index contributed by atoms with van der Waals surface area (Å²) in [5.41, 5.74) is 0. The Morgan fingerprint density at radius 3 is 2.55 bits per heavy atom. The number of hydrogen-bond donors (Lipinski definition) is 1. The number of aryl methyl sites for hydroxylation is 1. The van der Waals surface area contributed by atoms with E-state index in [9.17, 15) is 4.79 Å². The Balaban J connectivity index is 1.79. The molecule has 1 heterocycles. The number of hydrogen-bond acceptors (Lipinski definition) is 4. The lowest BCUT2D eigenvalue weighted by molar-refractivity contribution is -0.137.